The molecule has 0 bridgehead atoms. The van der Waals surface area contributed by atoms with E-state index in [0.717, 1.165) is 75.5 Å². The summed E-state index contributed by atoms with van der Waals surface area (Å²) >= 11 is 20.1. The van der Waals surface area contributed by atoms with Crippen LogP contribution in [0.25, 0.3) is 35.1 Å². The van der Waals surface area contributed by atoms with Gasteiger partial charge in [-0.15, -0.1) is 0 Å². The molecule has 17 rings (SSSR count). The zero-order valence-corrected chi connectivity index (χ0v) is 80.8. The summed E-state index contributed by atoms with van der Waals surface area (Å²) in [6.45, 7) is 4.59. The molecule has 4 aliphatic heterocycles. The van der Waals surface area contributed by atoms with Gasteiger partial charge in [-0.2, -0.15) is 0 Å². The van der Waals surface area contributed by atoms with Gasteiger partial charge in [-0.25, -0.2) is 0 Å². The number of hydrogen-bond donors (Lipinski definition) is 0. The van der Waals surface area contributed by atoms with Crippen LogP contribution in [0.5, 0.6) is 0 Å². The minimum absolute atomic E-state index is 0.0430. The molecule has 4 fully saturated rings. The van der Waals surface area contributed by atoms with Crippen molar-refractivity contribution < 1.29 is 55.9 Å². The number of amides is 8. The second kappa shape index (κ2) is 41.3. The van der Waals surface area contributed by atoms with Gasteiger partial charge in [-0.3, -0.25) is 0 Å². The molecule has 9 aromatic carbocycles. The topological polar surface area (TPSA) is 175 Å². The molecule has 0 radical (unpaired) electrons. The first-order valence-electron chi connectivity index (χ1n) is 40.1. The Bertz CT molecular complexity index is 6370. The number of carbonyl (C=O) groups is 8. The van der Waals surface area contributed by atoms with Crippen molar-refractivity contribution in [3.8, 4) is 0 Å². The second-order valence-corrected chi connectivity index (χ2v) is 39.7. The Labute approximate surface area is 792 Å². The van der Waals surface area contributed by atoms with Crippen LogP contribution in [0.4, 0.5) is 81.3 Å². The third-order valence-corrected chi connectivity index (χ3v) is 31.5. The van der Waals surface area contributed by atoms with Gasteiger partial charge in [0.15, 0.2) is 0 Å². The van der Waals surface area contributed by atoms with Gasteiger partial charge in [0, 0.05) is 0 Å². The number of rotatable bonds is 18. The van der Waals surface area contributed by atoms with Crippen molar-refractivity contribution in [2.75, 3.05) is 75.0 Å². The van der Waals surface area contributed by atoms with Gasteiger partial charge in [0.1, 0.15) is 0 Å². The summed E-state index contributed by atoms with van der Waals surface area (Å²) in [5.41, 5.74) is 7.53. The van der Waals surface area contributed by atoms with E-state index in [-0.39, 0.29) is 136 Å². The zero-order chi connectivity index (χ0) is 92.5. The van der Waals surface area contributed by atoms with E-state index in [9.17, 15) is 55.9 Å². The minimum atomic E-state index is -0.447. The summed E-state index contributed by atoms with van der Waals surface area (Å²) in [6, 6.07) is 84.8. The van der Waals surface area contributed by atoms with Crippen LogP contribution in [0.2, 0.25) is 0 Å². The predicted molar refractivity (Wildman–Crippen MR) is 523 cm³/mol. The molecular formula is C98H78F4N12O8S4Se4. The Hall–Kier alpha value is -12.8. The Morgan fingerprint density at radius 1 is 0.262 bits per heavy atom. The van der Waals surface area contributed by atoms with Gasteiger partial charge in [-0.05, 0) is 0 Å². The summed E-state index contributed by atoms with van der Waals surface area (Å²) in [7, 11) is 9.31. The third kappa shape index (κ3) is 20.3. The molecule has 4 saturated heterocycles. The van der Waals surface area contributed by atoms with E-state index in [4.69, 9.17) is 48.9 Å². The van der Waals surface area contributed by atoms with Gasteiger partial charge in [-0.1, -0.05) is 0 Å². The fraction of sp³-hybridized carbons (Fsp3) is 0.102. The quantitative estimate of drug-likeness (QED) is 0.0260. The van der Waals surface area contributed by atoms with E-state index in [2.05, 4.69) is 69.3 Å². The van der Waals surface area contributed by atoms with Crippen LogP contribution < -0.4 is 19.6 Å². The van der Waals surface area contributed by atoms with Crippen LogP contribution in [0, 0.1) is 23.3 Å². The fourth-order valence-corrected chi connectivity index (χ4v) is 23.4. The number of para-hydroxylation sites is 3. The maximum atomic E-state index is 13.5. The molecular weight excluding hydrogens is 1990 g/mol. The molecule has 8 heterocycles. The number of hydrogen-bond acceptors (Lipinski definition) is 16. The average Bonchev–Trinajstić information content (AvgIpc) is 1.30. The van der Waals surface area contributed by atoms with Crippen LogP contribution in [-0.2, 0) is 38.4 Å². The van der Waals surface area contributed by atoms with E-state index in [0.29, 0.717) is 24.5 Å². The summed E-state index contributed by atoms with van der Waals surface area (Å²) in [4.78, 5) is 121. The fourth-order valence-electron chi connectivity index (χ4n) is 14.1. The van der Waals surface area contributed by atoms with Crippen LogP contribution in [0.15, 0.2) is 301 Å². The SMILES string of the molecule is CCN1C(=O)C(=Cc2ccc(N(c3ccccc3)c3cccc4ccccc34)[se]2)C(=O)N(CC)C1=S.CN1C(=O)C(=Cc2ccc(N(c3ccc(F)cc3)c3ccc(F)cc3)[se]2)C(=O)N(C)C1=S.CN1C(=O)C(=Cc2ccc(N(c3ccccc3)c3ccc(F)cc3)[se]2)C(=O)N(C)C1=S.CN1C(=O)C(=Cc2ccc(N(c3ccccc3)c3ccc(F)cc3)[se]2)C(=O)N(C)C1=S. The number of thiocarbonyl (C=S) groups is 4. The summed E-state index contributed by atoms with van der Waals surface area (Å²) in [6.07, 6.45) is 6.65. The van der Waals surface area contributed by atoms with Crippen molar-refractivity contribution in [3.63, 3.8) is 0 Å². The number of carbonyl (C=O) groups excluding carboxylic acids is 8. The van der Waals surface area contributed by atoms with E-state index in [1.54, 1.807) is 101 Å². The van der Waals surface area contributed by atoms with Crippen molar-refractivity contribution in [2.24, 2.45) is 0 Å². The van der Waals surface area contributed by atoms with Crippen molar-refractivity contribution in [1.82, 2.24) is 39.2 Å². The van der Waals surface area contributed by atoms with Gasteiger partial charge in [0.05, 0.1) is 0 Å². The van der Waals surface area contributed by atoms with Crippen molar-refractivity contribution in [1.29, 1.82) is 0 Å². The van der Waals surface area contributed by atoms with E-state index in [1.807, 2.05) is 146 Å². The number of fused-ring (bicyclic) bond motifs is 1. The molecule has 20 nitrogen and oxygen atoms in total. The molecule has 0 unspecified atom stereocenters. The number of anilines is 12. The Balaban J connectivity index is 0.000000140. The van der Waals surface area contributed by atoms with Crippen LogP contribution in [0.3, 0.4) is 0 Å². The average molecular weight is 2070 g/mol. The molecule has 8 amide bonds. The number of nitrogens with zero attached hydrogens (tertiary/aromatic N) is 12. The standard InChI is InChI=1S/C29H25N3O2SSe.C23H17F2N3O2SSe.2C23H18FN3O2SSe/c1-3-30-27(33)24(28(34)31(4-2)29(30)35)19-22-17-18-26(36-22)32(21-13-6-5-7-14-21)25-16-10-12-20-11-8-9-15-23(20)25;1-26-21(29)19(22(30)27(2)23(26)31)13-18-11-12-20(32-18)28(16-7-3-14(24)4-8-16)17-9-5-15(25)6-10-17;2*1-25-21(28)19(22(29)26(2)23(25)30)14-18-12-13-20(31-18)27(16-6-4-3-5-7-16)17-10-8-15(24)9-11-17/h5-19H,3-4H2,1-2H3;3-13H,1-2H3;2*3-14H,1-2H3. The molecule has 4 aromatic heterocycles. The molecule has 32 heteroatoms. The summed E-state index contributed by atoms with van der Waals surface area (Å²) in [5, 5.41) is 3.14. The molecule has 4 aliphatic rings. The molecule has 0 aliphatic carbocycles. The van der Waals surface area contributed by atoms with E-state index < -0.39 is 35.4 Å². The van der Waals surface area contributed by atoms with Crippen LogP contribution in [-0.4, -0.2) is 220 Å². The molecule has 0 spiro atoms. The number of benzene rings is 9. The van der Waals surface area contributed by atoms with Gasteiger partial charge < -0.3 is 0 Å². The van der Waals surface area contributed by atoms with Gasteiger partial charge in [0.25, 0.3) is 0 Å². The van der Waals surface area contributed by atoms with Crippen molar-refractivity contribution >= 4 is 273 Å². The molecule has 130 heavy (non-hydrogen) atoms. The number of halogens is 4. The van der Waals surface area contributed by atoms with Gasteiger partial charge in [0.2, 0.25) is 0 Å². The predicted octanol–water partition coefficient (Wildman–Crippen LogP) is 17.7. The Morgan fingerprint density at radius 2 is 0.492 bits per heavy atom. The third-order valence-electron chi connectivity index (χ3n) is 20.8. The maximum absolute atomic E-state index is 13.5. The molecule has 0 saturated carbocycles. The first-order valence-corrected chi connectivity index (χ1v) is 48.6. The monoisotopic (exact) mass is 2070 g/mol. The first kappa shape index (κ1) is 93.4. The van der Waals surface area contributed by atoms with Gasteiger partial charge >= 0.3 is 800 Å². The molecule has 13 aromatic rings. The van der Waals surface area contributed by atoms with E-state index in [1.165, 1.54) is 107 Å². The normalized spacial score (nSPS) is 14.2. The Kier molecular flexibility index (Phi) is 29.7. The number of likely N-dealkylation sites (N-methyl/N-ethyl adjacent to an activating group) is 8. The summed E-state index contributed by atoms with van der Waals surface area (Å²) in [5.74, 6) is -4.48. The molecule has 0 N–H and O–H groups in total. The van der Waals surface area contributed by atoms with Crippen molar-refractivity contribution in [3.05, 3.63) is 342 Å². The first-order chi connectivity index (χ1) is 62.5. The summed E-state index contributed by atoms with van der Waals surface area (Å²) < 4.78 is 61.5. The van der Waals surface area contributed by atoms with E-state index >= 15 is 0 Å². The van der Waals surface area contributed by atoms with Crippen LogP contribution >= 0.6 is 48.9 Å². The Morgan fingerprint density at radius 3 is 0.769 bits per heavy atom. The van der Waals surface area contributed by atoms with Crippen LogP contribution in [0.1, 0.15) is 31.6 Å². The zero-order valence-electron chi connectivity index (χ0n) is 70.7. The molecule has 0 atom stereocenters. The second-order valence-electron chi connectivity index (χ2n) is 29.1. The van der Waals surface area contributed by atoms with Crippen molar-refractivity contribution in [2.45, 2.75) is 13.8 Å². The molecule has 654 valence electrons.